The van der Waals surface area contributed by atoms with Gasteiger partial charge in [-0.3, -0.25) is 4.79 Å². The van der Waals surface area contributed by atoms with Crippen molar-refractivity contribution >= 4 is 27.4 Å². The summed E-state index contributed by atoms with van der Waals surface area (Å²) in [5.41, 5.74) is -0.900. The molecule has 13 heteroatoms. The molecule has 0 aliphatic carbocycles. The van der Waals surface area contributed by atoms with Gasteiger partial charge in [-0.25, -0.2) is 23.1 Å². The van der Waals surface area contributed by atoms with Crippen molar-refractivity contribution in [3.05, 3.63) is 60.3 Å². The van der Waals surface area contributed by atoms with Gasteiger partial charge in [-0.15, -0.1) is 0 Å². The molecule has 0 spiro atoms. The van der Waals surface area contributed by atoms with Crippen LogP contribution in [-0.2, 0) is 20.8 Å². The Kier molecular flexibility index (Phi) is 6.39. The van der Waals surface area contributed by atoms with E-state index in [1.54, 1.807) is 12.3 Å². The molecule has 0 bridgehead atoms. The Balaban J connectivity index is 2.15. The molecule has 9 nitrogen and oxygen atoms in total. The van der Waals surface area contributed by atoms with Gasteiger partial charge in [-0.2, -0.15) is 23.3 Å². The minimum atomic E-state index is -4.63. The first-order chi connectivity index (χ1) is 15.0. The van der Waals surface area contributed by atoms with Crippen LogP contribution in [0.25, 0.3) is 5.69 Å². The van der Waals surface area contributed by atoms with Gasteiger partial charge in [0.1, 0.15) is 11.5 Å². The third-order valence-corrected chi connectivity index (χ3v) is 5.89. The molecule has 0 fully saturated rings. The average molecular weight is 466 g/mol. The summed E-state index contributed by atoms with van der Waals surface area (Å²) in [6, 6.07) is 4.41. The van der Waals surface area contributed by atoms with Gasteiger partial charge in [0.2, 0.25) is 5.91 Å². The Bertz CT molecular complexity index is 1270. The van der Waals surface area contributed by atoms with Crippen LogP contribution in [0.15, 0.2) is 58.9 Å². The van der Waals surface area contributed by atoms with Crippen molar-refractivity contribution in [1.29, 1.82) is 0 Å². The maximum atomic E-state index is 13.0. The van der Waals surface area contributed by atoms with E-state index in [9.17, 15) is 26.4 Å². The molecule has 3 aromatic heterocycles. The number of rotatable bonds is 5. The first-order valence-corrected chi connectivity index (χ1v) is 10.8. The van der Waals surface area contributed by atoms with Crippen molar-refractivity contribution in [2.45, 2.75) is 24.9 Å². The second-order valence-electron chi connectivity index (χ2n) is 6.43. The lowest BCUT2D eigenvalue weighted by molar-refractivity contribution is -0.137. The number of carbonyl (C=O) groups excluding carboxylic acids is 1. The Morgan fingerprint density at radius 1 is 1.22 bits per heavy atom. The number of alkyl halides is 3. The third kappa shape index (κ3) is 5.17. The molecule has 0 saturated heterocycles. The van der Waals surface area contributed by atoms with E-state index in [-0.39, 0.29) is 28.0 Å². The van der Waals surface area contributed by atoms with Gasteiger partial charge in [-0.1, -0.05) is 6.92 Å². The number of amides is 1. The zero-order valence-electron chi connectivity index (χ0n) is 16.8. The number of carbonyl (C=O) groups is 1. The standard InChI is InChI=1S/C19H17F3N6O3S/c1-3-32(30,31)15-10-14(28-8-4-6-25-28)11-24-17(15)18(26-12(2)29)27-16-9-13(5-7-23-16)19(20,21)22/h4-11H,3H2,1-2H3,(H,23,26,27,29). The van der Waals surface area contributed by atoms with Gasteiger partial charge < -0.3 is 5.32 Å². The van der Waals surface area contributed by atoms with E-state index in [2.05, 4.69) is 25.4 Å². The lowest BCUT2D eigenvalue weighted by Crippen LogP contribution is -2.22. The Morgan fingerprint density at radius 2 is 1.97 bits per heavy atom. The van der Waals surface area contributed by atoms with Gasteiger partial charge in [0.25, 0.3) is 0 Å². The zero-order valence-corrected chi connectivity index (χ0v) is 17.6. The van der Waals surface area contributed by atoms with E-state index in [1.165, 1.54) is 30.1 Å². The summed E-state index contributed by atoms with van der Waals surface area (Å²) in [6.45, 7) is 2.52. The highest BCUT2D eigenvalue weighted by atomic mass is 32.2. The van der Waals surface area contributed by atoms with Crippen molar-refractivity contribution in [2.75, 3.05) is 11.1 Å². The summed E-state index contributed by atoms with van der Waals surface area (Å²) >= 11 is 0. The molecule has 1 amide bonds. The number of sulfone groups is 1. The number of aliphatic imine (C=N–C) groups is 1. The van der Waals surface area contributed by atoms with Crippen molar-refractivity contribution in [2.24, 2.45) is 4.99 Å². The van der Waals surface area contributed by atoms with Crippen LogP contribution in [0.5, 0.6) is 0 Å². The number of hydrogen-bond acceptors (Lipinski definition) is 6. The highest BCUT2D eigenvalue weighted by Gasteiger charge is 2.31. The largest absolute Gasteiger partial charge is 0.416 e. The molecule has 0 atom stereocenters. The molecule has 3 aromatic rings. The van der Waals surface area contributed by atoms with E-state index in [4.69, 9.17) is 0 Å². The number of pyridine rings is 2. The highest BCUT2D eigenvalue weighted by molar-refractivity contribution is 7.91. The molecule has 0 radical (unpaired) electrons. The molecule has 32 heavy (non-hydrogen) atoms. The second-order valence-corrected chi connectivity index (χ2v) is 8.67. The molecule has 0 aliphatic heterocycles. The SMILES string of the molecule is CCS(=O)(=O)c1cc(-n2cccn2)cnc1C(=NC(C)=O)Nc1cc(C(F)(F)F)ccn1. The van der Waals surface area contributed by atoms with Gasteiger partial charge in [0.05, 0.1) is 28.1 Å². The number of amidine groups is 1. The van der Waals surface area contributed by atoms with Crippen LogP contribution >= 0.6 is 0 Å². The third-order valence-electron chi connectivity index (χ3n) is 4.15. The predicted molar refractivity (Wildman–Crippen MR) is 109 cm³/mol. The molecule has 3 rings (SSSR count). The summed E-state index contributed by atoms with van der Waals surface area (Å²) in [4.78, 5) is 23.1. The quantitative estimate of drug-likeness (QED) is 0.454. The number of nitrogens with one attached hydrogen (secondary N) is 1. The van der Waals surface area contributed by atoms with Crippen LogP contribution in [0.2, 0.25) is 0 Å². The lowest BCUT2D eigenvalue weighted by Gasteiger charge is -2.15. The fourth-order valence-electron chi connectivity index (χ4n) is 2.65. The minimum absolute atomic E-state index is 0.239. The van der Waals surface area contributed by atoms with Crippen molar-refractivity contribution < 1.29 is 26.4 Å². The maximum absolute atomic E-state index is 13.0. The first kappa shape index (κ1) is 23.1. The number of hydrogen-bond donors (Lipinski definition) is 1. The van der Waals surface area contributed by atoms with Crippen LogP contribution < -0.4 is 5.32 Å². The van der Waals surface area contributed by atoms with Gasteiger partial charge in [0.15, 0.2) is 15.7 Å². The van der Waals surface area contributed by atoms with Crippen LogP contribution in [0.4, 0.5) is 19.0 Å². The van der Waals surface area contributed by atoms with Crippen molar-refractivity contribution in [3.63, 3.8) is 0 Å². The fraction of sp³-hybridized carbons (Fsp3) is 0.211. The van der Waals surface area contributed by atoms with E-state index in [1.807, 2.05) is 0 Å². The smallest absolute Gasteiger partial charge is 0.323 e. The highest BCUT2D eigenvalue weighted by Crippen LogP contribution is 2.30. The zero-order chi connectivity index (χ0) is 23.5. The summed E-state index contributed by atoms with van der Waals surface area (Å²) < 4.78 is 66.1. The maximum Gasteiger partial charge on any atom is 0.416 e. The molecular formula is C19H17F3N6O3S. The molecule has 0 aliphatic rings. The van der Waals surface area contributed by atoms with E-state index < -0.39 is 27.5 Å². The average Bonchev–Trinajstić information content (AvgIpc) is 3.27. The number of anilines is 1. The second kappa shape index (κ2) is 8.86. The topological polar surface area (TPSA) is 119 Å². The number of nitrogens with zero attached hydrogens (tertiary/aromatic N) is 5. The molecule has 0 unspecified atom stereocenters. The van der Waals surface area contributed by atoms with Gasteiger partial charge in [-0.05, 0) is 24.3 Å². The Hall–Kier alpha value is -3.61. The number of aromatic nitrogens is 4. The van der Waals surface area contributed by atoms with Crippen molar-refractivity contribution in [3.8, 4) is 5.69 Å². The number of halogens is 3. The fourth-order valence-corrected chi connectivity index (χ4v) is 3.70. The van der Waals surface area contributed by atoms with Crippen LogP contribution in [-0.4, -0.2) is 45.7 Å². The first-order valence-electron chi connectivity index (χ1n) is 9.14. The molecule has 0 saturated carbocycles. The summed E-state index contributed by atoms with van der Waals surface area (Å²) in [5.74, 6) is -1.67. The lowest BCUT2D eigenvalue weighted by atomic mass is 10.2. The summed E-state index contributed by atoms with van der Waals surface area (Å²) in [6.07, 6.45) is 0.666. The molecule has 3 heterocycles. The summed E-state index contributed by atoms with van der Waals surface area (Å²) in [7, 11) is -3.88. The van der Waals surface area contributed by atoms with E-state index in [0.29, 0.717) is 11.8 Å². The summed E-state index contributed by atoms with van der Waals surface area (Å²) in [5, 5.41) is 6.52. The normalized spacial score (nSPS) is 12.6. The van der Waals surface area contributed by atoms with Gasteiger partial charge >= 0.3 is 6.18 Å². The van der Waals surface area contributed by atoms with Gasteiger partial charge in [0, 0.05) is 25.5 Å². The van der Waals surface area contributed by atoms with Crippen molar-refractivity contribution in [1.82, 2.24) is 19.7 Å². The van der Waals surface area contributed by atoms with Crippen LogP contribution in [0.1, 0.15) is 25.1 Å². The Labute approximate surface area is 181 Å². The Morgan fingerprint density at radius 3 is 2.56 bits per heavy atom. The minimum Gasteiger partial charge on any atom is -0.323 e. The molecule has 0 aromatic carbocycles. The van der Waals surface area contributed by atoms with E-state index >= 15 is 0 Å². The molecule has 168 valence electrons. The molecular weight excluding hydrogens is 449 g/mol. The van der Waals surface area contributed by atoms with Crippen LogP contribution in [0, 0.1) is 0 Å². The van der Waals surface area contributed by atoms with Crippen LogP contribution in [0.3, 0.4) is 0 Å². The predicted octanol–water partition coefficient (Wildman–Crippen LogP) is 2.88. The van der Waals surface area contributed by atoms with E-state index in [0.717, 1.165) is 19.2 Å². The molecule has 1 N–H and O–H groups in total. The monoisotopic (exact) mass is 466 g/mol.